The largest absolute Gasteiger partial charge is 0.469 e. The molecular formula is C30H35F3N2O3. The Morgan fingerprint density at radius 3 is 2.24 bits per heavy atom. The zero-order valence-corrected chi connectivity index (χ0v) is 21.8. The first-order valence-corrected chi connectivity index (χ1v) is 13.3. The number of unbranched alkanes of at least 4 members (excludes halogenated alkanes) is 3. The van der Waals surface area contributed by atoms with Crippen LogP contribution in [0.3, 0.4) is 0 Å². The lowest BCUT2D eigenvalue weighted by Crippen LogP contribution is -2.37. The number of ether oxygens (including phenoxy) is 1. The lowest BCUT2D eigenvalue weighted by atomic mass is 9.89. The van der Waals surface area contributed by atoms with Crippen LogP contribution in [0.4, 0.5) is 13.2 Å². The summed E-state index contributed by atoms with van der Waals surface area (Å²) in [6.07, 6.45) is 4.01. The van der Waals surface area contributed by atoms with Gasteiger partial charge in [-0.05, 0) is 60.9 Å². The Hall–Kier alpha value is -3.29. The summed E-state index contributed by atoms with van der Waals surface area (Å²) >= 11 is 0. The van der Waals surface area contributed by atoms with Crippen molar-refractivity contribution in [3.05, 3.63) is 71.4 Å². The molecule has 3 aromatic rings. The second kappa shape index (κ2) is 12.5. The van der Waals surface area contributed by atoms with Gasteiger partial charge in [0.05, 0.1) is 12.7 Å². The number of amides is 1. The number of esters is 1. The molecule has 0 unspecified atom stereocenters. The van der Waals surface area contributed by atoms with Crippen LogP contribution in [0.1, 0.15) is 74.0 Å². The number of alkyl halides is 3. The third-order valence-electron chi connectivity index (χ3n) is 7.49. The summed E-state index contributed by atoms with van der Waals surface area (Å²) in [6.45, 7) is 1.95. The van der Waals surface area contributed by atoms with Crippen molar-refractivity contribution < 1.29 is 27.5 Å². The van der Waals surface area contributed by atoms with Crippen molar-refractivity contribution in [3.8, 4) is 0 Å². The Morgan fingerprint density at radius 2 is 1.58 bits per heavy atom. The van der Waals surface area contributed by atoms with Gasteiger partial charge in [0, 0.05) is 49.6 Å². The smallest absolute Gasteiger partial charge is 0.416 e. The summed E-state index contributed by atoms with van der Waals surface area (Å²) in [5.41, 5.74) is 2.48. The highest BCUT2D eigenvalue weighted by atomic mass is 19.4. The van der Waals surface area contributed by atoms with E-state index in [4.69, 9.17) is 0 Å². The van der Waals surface area contributed by atoms with Gasteiger partial charge in [0.1, 0.15) is 0 Å². The fourth-order valence-electron chi connectivity index (χ4n) is 5.33. The topological polar surface area (TPSA) is 51.5 Å². The molecule has 204 valence electrons. The minimum absolute atomic E-state index is 0.188. The number of para-hydroxylation sites is 1. The molecule has 0 aliphatic carbocycles. The summed E-state index contributed by atoms with van der Waals surface area (Å²) in [6, 6.07) is 13.5. The molecule has 0 spiro atoms. The van der Waals surface area contributed by atoms with Gasteiger partial charge in [-0.15, -0.1) is 0 Å². The van der Waals surface area contributed by atoms with Crippen LogP contribution in [0.15, 0.2) is 54.7 Å². The monoisotopic (exact) mass is 528 g/mol. The number of halogens is 3. The fraction of sp³-hybridized carbons (Fsp3) is 0.467. The van der Waals surface area contributed by atoms with Crippen molar-refractivity contribution in [1.82, 2.24) is 9.47 Å². The maximum absolute atomic E-state index is 12.9. The number of rotatable bonds is 10. The SMILES string of the molecule is COC(=O)CCCCCCC(=O)N1CCC(c2cn(Cc3ccc(C(F)(F)F)cc3)c3ccccc23)CC1. The van der Waals surface area contributed by atoms with Crippen molar-refractivity contribution >= 4 is 22.8 Å². The molecule has 1 fully saturated rings. The van der Waals surface area contributed by atoms with Crippen LogP contribution < -0.4 is 0 Å². The number of nitrogens with zero attached hydrogens (tertiary/aromatic N) is 2. The van der Waals surface area contributed by atoms with Gasteiger partial charge in [-0.1, -0.05) is 43.2 Å². The van der Waals surface area contributed by atoms with E-state index in [2.05, 4.69) is 21.6 Å². The number of methoxy groups -OCH3 is 1. The van der Waals surface area contributed by atoms with Crippen LogP contribution in [0.2, 0.25) is 0 Å². The van der Waals surface area contributed by atoms with E-state index in [9.17, 15) is 22.8 Å². The van der Waals surface area contributed by atoms with Gasteiger partial charge in [0.2, 0.25) is 5.91 Å². The third-order valence-corrected chi connectivity index (χ3v) is 7.49. The van der Waals surface area contributed by atoms with Gasteiger partial charge < -0.3 is 14.2 Å². The molecule has 1 amide bonds. The Balaban J connectivity index is 1.33. The van der Waals surface area contributed by atoms with Crippen molar-refractivity contribution in [2.24, 2.45) is 0 Å². The highest BCUT2D eigenvalue weighted by Crippen LogP contribution is 2.35. The maximum atomic E-state index is 12.9. The van der Waals surface area contributed by atoms with Crippen molar-refractivity contribution in [1.29, 1.82) is 0 Å². The van der Waals surface area contributed by atoms with Crippen LogP contribution in [0.5, 0.6) is 0 Å². The predicted octanol–water partition coefficient (Wildman–Crippen LogP) is 6.93. The summed E-state index contributed by atoms with van der Waals surface area (Å²) in [5, 5.41) is 1.16. The molecule has 0 N–H and O–H groups in total. The van der Waals surface area contributed by atoms with E-state index < -0.39 is 11.7 Å². The summed E-state index contributed by atoms with van der Waals surface area (Å²) in [4.78, 5) is 25.8. The Labute approximate surface area is 221 Å². The first kappa shape index (κ1) is 27.7. The Morgan fingerprint density at radius 1 is 0.921 bits per heavy atom. The number of aromatic nitrogens is 1. The van der Waals surface area contributed by atoms with Gasteiger partial charge in [0.25, 0.3) is 0 Å². The van der Waals surface area contributed by atoms with E-state index in [0.29, 0.717) is 25.3 Å². The maximum Gasteiger partial charge on any atom is 0.416 e. The average molecular weight is 529 g/mol. The fourth-order valence-corrected chi connectivity index (χ4v) is 5.33. The Bertz CT molecular complexity index is 1230. The van der Waals surface area contributed by atoms with Gasteiger partial charge in [-0.2, -0.15) is 13.2 Å². The van der Waals surface area contributed by atoms with Gasteiger partial charge in [-0.3, -0.25) is 9.59 Å². The molecule has 2 aromatic carbocycles. The van der Waals surface area contributed by atoms with Gasteiger partial charge >= 0.3 is 12.1 Å². The minimum atomic E-state index is -4.34. The quantitative estimate of drug-likeness (QED) is 0.212. The lowest BCUT2D eigenvalue weighted by Gasteiger charge is -2.32. The van der Waals surface area contributed by atoms with Crippen molar-refractivity contribution in [3.63, 3.8) is 0 Å². The van der Waals surface area contributed by atoms with E-state index in [0.717, 1.165) is 80.2 Å². The van der Waals surface area contributed by atoms with Crippen LogP contribution in [0.25, 0.3) is 10.9 Å². The normalized spacial score (nSPS) is 14.7. The van der Waals surface area contributed by atoms with E-state index in [1.165, 1.54) is 12.7 Å². The molecule has 2 heterocycles. The first-order valence-electron chi connectivity index (χ1n) is 13.3. The summed E-state index contributed by atoms with van der Waals surface area (Å²) in [5.74, 6) is 0.337. The van der Waals surface area contributed by atoms with E-state index in [1.54, 1.807) is 12.1 Å². The van der Waals surface area contributed by atoms with Crippen LogP contribution in [-0.2, 0) is 27.0 Å². The number of carbonyl (C=O) groups excluding carboxylic acids is 2. The van der Waals surface area contributed by atoms with Crippen molar-refractivity contribution in [2.45, 2.75) is 70.0 Å². The lowest BCUT2D eigenvalue weighted by molar-refractivity contribution is -0.141. The van der Waals surface area contributed by atoms with Crippen LogP contribution >= 0.6 is 0 Å². The second-order valence-corrected chi connectivity index (χ2v) is 10.1. The number of likely N-dealkylation sites (tertiary alicyclic amines) is 1. The van der Waals surface area contributed by atoms with E-state index >= 15 is 0 Å². The molecule has 0 bridgehead atoms. The molecule has 1 saturated heterocycles. The molecule has 1 aliphatic rings. The van der Waals surface area contributed by atoms with Gasteiger partial charge in [0.15, 0.2) is 0 Å². The molecule has 5 nitrogen and oxygen atoms in total. The minimum Gasteiger partial charge on any atom is -0.469 e. The molecule has 8 heteroatoms. The number of piperidine rings is 1. The molecule has 0 saturated carbocycles. The predicted molar refractivity (Wildman–Crippen MR) is 141 cm³/mol. The highest BCUT2D eigenvalue weighted by molar-refractivity contribution is 5.84. The summed E-state index contributed by atoms with van der Waals surface area (Å²) < 4.78 is 45.6. The highest BCUT2D eigenvalue weighted by Gasteiger charge is 2.30. The first-order chi connectivity index (χ1) is 18.3. The number of benzene rings is 2. The summed E-state index contributed by atoms with van der Waals surface area (Å²) in [7, 11) is 1.39. The molecule has 1 aromatic heterocycles. The van der Waals surface area contributed by atoms with Crippen LogP contribution in [-0.4, -0.2) is 41.5 Å². The number of carbonyl (C=O) groups is 2. The Kier molecular flexibility index (Phi) is 9.13. The van der Waals surface area contributed by atoms with Crippen molar-refractivity contribution in [2.75, 3.05) is 20.2 Å². The van der Waals surface area contributed by atoms with Gasteiger partial charge in [-0.25, -0.2) is 0 Å². The zero-order chi connectivity index (χ0) is 27.1. The molecule has 4 rings (SSSR count). The third kappa shape index (κ3) is 6.97. The number of hydrogen-bond acceptors (Lipinski definition) is 3. The zero-order valence-electron chi connectivity index (χ0n) is 21.8. The van der Waals surface area contributed by atoms with Crippen LogP contribution in [0, 0.1) is 0 Å². The molecule has 38 heavy (non-hydrogen) atoms. The molecule has 0 atom stereocenters. The average Bonchev–Trinajstić information content (AvgIpc) is 3.28. The molecular weight excluding hydrogens is 493 g/mol. The van der Waals surface area contributed by atoms with E-state index in [1.807, 2.05) is 23.1 Å². The standard InChI is InChI=1S/C30H35F3N2O3/c1-38-29(37)11-5-3-2-4-10-28(36)34-18-16-23(17-19-34)26-21-35(27-9-7-6-8-25(26)27)20-22-12-14-24(15-13-22)30(31,32)33/h6-9,12-15,21,23H,2-5,10-11,16-20H2,1H3. The van der Waals surface area contributed by atoms with E-state index in [-0.39, 0.29) is 11.9 Å². The molecule has 0 radical (unpaired) electrons. The molecule has 1 aliphatic heterocycles. The number of hydrogen-bond donors (Lipinski definition) is 0. The second-order valence-electron chi connectivity index (χ2n) is 10.1. The number of fused-ring (bicyclic) bond motifs is 1.